The fraction of sp³-hybridized carbons (Fsp3) is 0.400. The molecule has 2 N–H and O–H groups in total. The van der Waals surface area contributed by atoms with Crippen LogP contribution in [0, 0.1) is 17.6 Å². The molecule has 2 amide bonds. The van der Waals surface area contributed by atoms with Crippen LogP contribution in [0.15, 0.2) is 47.6 Å². The van der Waals surface area contributed by atoms with Gasteiger partial charge < -0.3 is 15.6 Å². The van der Waals surface area contributed by atoms with Gasteiger partial charge in [-0.3, -0.25) is 9.59 Å². The van der Waals surface area contributed by atoms with E-state index in [4.69, 9.17) is 5.84 Å². The van der Waals surface area contributed by atoms with Crippen LogP contribution in [-0.4, -0.2) is 58.8 Å². The Morgan fingerprint density at radius 3 is 2.27 bits per heavy atom. The summed E-state index contributed by atoms with van der Waals surface area (Å²) in [5.41, 5.74) is -0.977. The standard InChI is InChI=1S/C25H25F5N4O2S/c26-18-7-6-16(20(21(18)27)25(28,29)30)14-8-10-33(11-9-14)24(36)22(37)17-12-34(13-19(17)32-31)23(35)15-4-2-1-3-5-15/h1-7,14,17,22,37H,8-13,31H2/b32-19+. The second-order valence-electron chi connectivity index (χ2n) is 9.15. The first kappa shape index (κ1) is 26.9. The van der Waals surface area contributed by atoms with E-state index in [9.17, 15) is 31.5 Å². The van der Waals surface area contributed by atoms with Crippen LogP contribution in [0.4, 0.5) is 22.0 Å². The highest BCUT2D eigenvalue weighted by molar-refractivity contribution is 7.81. The number of thiol groups is 1. The van der Waals surface area contributed by atoms with Crippen molar-refractivity contribution in [3.8, 4) is 0 Å². The first-order valence-corrected chi connectivity index (χ1v) is 12.2. The highest BCUT2D eigenvalue weighted by atomic mass is 32.1. The summed E-state index contributed by atoms with van der Waals surface area (Å²) in [5, 5.41) is 2.90. The van der Waals surface area contributed by atoms with Gasteiger partial charge in [0.05, 0.1) is 23.1 Å². The molecule has 0 radical (unpaired) electrons. The second-order valence-corrected chi connectivity index (χ2v) is 9.70. The fourth-order valence-electron chi connectivity index (χ4n) is 5.02. The lowest BCUT2D eigenvalue weighted by molar-refractivity contribution is -0.141. The molecule has 198 valence electrons. The molecule has 2 aromatic rings. The van der Waals surface area contributed by atoms with Crippen molar-refractivity contribution in [1.82, 2.24) is 9.80 Å². The molecule has 0 aliphatic carbocycles. The number of hydrogen-bond donors (Lipinski definition) is 2. The first-order valence-electron chi connectivity index (χ1n) is 11.7. The maximum Gasteiger partial charge on any atom is 0.419 e. The fourth-order valence-corrected chi connectivity index (χ4v) is 5.45. The third kappa shape index (κ3) is 5.43. The zero-order valence-corrected chi connectivity index (χ0v) is 20.5. The van der Waals surface area contributed by atoms with Crippen molar-refractivity contribution in [3.63, 3.8) is 0 Å². The maximum absolute atomic E-state index is 14.0. The van der Waals surface area contributed by atoms with Crippen molar-refractivity contribution in [2.24, 2.45) is 16.9 Å². The van der Waals surface area contributed by atoms with Gasteiger partial charge in [0.25, 0.3) is 5.91 Å². The number of carbonyl (C=O) groups is 2. The Kier molecular flexibility index (Phi) is 7.77. The van der Waals surface area contributed by atoms with Gasteiger partial charge in [0.2, 0.25) is 5.91 Å². The van der Waals surface area contributed by atoms with Crippen LogP contribution < -0.4 is 5.84 Å². The Bertz CT molecular complexity index is 1200. The topological polar surface area (TPSA) is 79.0 Å². The minimum atomic E-state index is -5.05. The number of benzene rings is 2. The van der Waals surface area contributed by atoms with Crippen LogP contribution in [0.1, 0.15) is 40.2 Å². The summed E-state index contributed by atoms with van der Waals surface area (Å²) in [4.78, 5) is 29.1. The third-order valence-electron chi connectivity index (χ3n) is 6.96. The Hall–Kier alpha value is -3.15. The summed E-state index contributed by atoms with van der Waals surface area (Å²) in [6, 6.07) is 10.3. The number of nitrogens with two attached hydrogens (primary N) is 1. The maximum atomic E-state index is 14.0. The molecule has 37 heavy (non-hydrogen) atoms. The van der Waals surface area contributed by atoms with Crippen LogP contribution in [0.2, 0.25) is 0 Å². The third-order valence-corrected chi connectivity index (χ3v) is 7.54. The van der Waals surface area contributed by atoms with Gasteiger partial charge in [0.15, 0.2) is 11.6 Å². The predicted octanol–water partition coefficient (Wildman–Crippen LogP) is 4.07. The molecule has 4 rings (SSSR count). The zero-order valence-electron chi connectivity index (χ0n) is 19.6. The predicted molar refractivity (Wildman–Crippen MR) is 130 cm³/mol. The Morgan fingerprint density at radius 1 is 1.03 bits per heavy atom. The summed E-state index contributed by atoms with van der Waals surface area (Å²) in [7, 11) is 0. The molecule has 2 aliphatic rings. The van der Waals surface area contributed by atoms with Gasteiger partial charge in [-0.25, -0.2) is 8.78 Å². The van der Waals surface area contributed by atoms with E-state index in [-0.39, 0.29) is 56.4 Å². The Labute approximate surface area is 215 Å². The number of halogens is 5. The van der Waals surface area contributed by atoms with E-state index >= 15 is 0 Å². The number of likely N-dealkylation sites (tertiary alicyclic amines) is 2. The highest BCUT2D eigenvalue weighted by Gasteiger charge is 2.43. The van der Waals surface area contributed by atoms with E-state index < -0.39 is 40.5 Å². The van der Waals surface area contributed by atoms with E-state index in [1.165, 1.54) is 9.80 Å². The number of alkyl halides is 3. The highest BCUT2D eigenvalue weighted by Crippen LogP contribution is 2.41. The lowest BCUT2D eigenvalue weighted by Crippen LogP contribution is -2.46. The van der Waals surface area contributed by atoms with Gasteiger partial charge in [-0.05, 0) is 42.5 Å². The largest absolute Gasteiger partial charge is 0.419 e. The molecule has 0 saturated carbocycles. The molecule has 2 unspecified atom stereocenters. The van der Waals surface area contributed by atoms with Crippen molar-refractivity contribution in [3.05, 3.63) is 70.8 Å². The van der Waals surface area contributed by atoms with Crippen molar-refractivity contribution < 1.29 is 31.5 Å². The lowest BCUT2D eigenvalue weighted by Gasteiger charge is -2.35. The summed E-state index contributed by atoms with van der Waals surface area (Å²) in [6.45, 7) is 0.568. The van der Waals surface area contributed by atoms with Crippen molar-refractivity contribution >= 4 is 30.2 Å². The number of hydrazone groups is 1. The van der Waals surface area contributed by atoms with Crippen LogP contribution in [-0.2, 0) is 11.0 Å². The van der Waals surface area contributed by atoms with E-state index in [1.54, 1.807) is 30.3 Å². The number of hydrogen-bond acceptors (Lipinski definition) is 5. The molecule has 0 bridgehead atoms. The second kappa shape index (κ2) is 10.7. The molecule has 12 heteroatoms. The van der Waals surface area contributed by atoms with Gasteiger partial charge in [-0.1, -0.05) is 24.3 Å². The number of rotatable bonds is 4. The average Bonchev–Trinajstić information content (AvgIpc) is 3.33. The Morgan fingerprint density at radius 2 is 1.68 bits per heavy atom. The molecule has 2 fully saturated rings. The monoisotopic (exact) mass is 540 g/mol. The molecule has 6 nitrogen and oxygen atoms in total. The molecule has 2 atom stereocenters. The van der Waals surface area contributed by atoms with Gasteiger partial charge in [0.1, 0.15) is 0 Å². The van der Waals surface area contributed by atoms with Gasteiger partial charge >= 0.3 is 6.18 Å². The minimum Gasteiger partial charge on any atom is -0.342 e. The van der Waals surface area contributed by atoms with Crippen molar-refractivity contribution in [2.45, 2.75) is 30.2 Å². The Balaban J connectivity index is 1.43. The van der Waals surface area contributed by atoms with Crippen LogP contribution in [0.25, 0.3) is 0 Å². The lowest BCUT2D eigenvalue weighted by atomic mass is 9.85. The number of piperidine rings is 1. The summed E-state index contributed by atoms with van der Waals surface area (Å²) in [5.74, 6) is 0.248. The van der Waals surface area contributed by atoms with E-state index in [1.807, 2.05) is 0 Å². The SMILES string of the molecule is N/N=C1\CN(C(=O)c2ccccc2)CC1C(S)C(=O)N1CCC(c2ccc(F)c(F)c2C(F)(F)F)CC1. The minimum absolute atomic E-state index is 0.116. The number of amides is 2. The molecule has 2 heterocycles. The summed E-state index contributed by atoms with van der Waals surface area (Å²) >= 11 is 4.51. The summed E-state index contributed by atoms with van der Waals surface area (Å²) in [6.07, 6.45) is -4.77. The zero-order chi connectivity index (χ0) is 26.9. The molecular weight excluding hydrogens is 515 g/mol. The van der Waals surface area contributed by atoms with E-state index in [0.717, 1.165) is 6.07 Å². The van der Waals surface area contributed by atoms with Crippen LogP contribution in [0.3, 0.4) is 0 Å². The normalized spacial score (nSPS) is 20.9. The molecule has 0 aromatic heterocycles. The smallest absolute Gasteiger partial charge is 0.342 e. The average molecular weight is 541 g/mol. The van der Waals surface area contributed by atoms with Gasteiger partial charge in [-0.15, -0.1) is 0 Å². The van der Waals surface area contributed by atoms with Crippen LogP contribution in [0.5, 0.6) is 0 Å². The molecule has 2 aromatic carbocycles. The van der Waals surface area contributed by atoms with Crippen molar-refractivity contribution in [2.75, 3.05) is 26.2 Å². The van der Waals surface area contributed by atoms with E-state index in [0.29, 0.717) is 17.3 Å². The van der Waals surface area contributed by atoms with Gasteiger partial charge in [-0.2, -0.15) is 30.9 Å². The molecule has 0 spiro atoms. The van der Waals surface area contributed by atoms with Crippen LogP contribution >= 0.6 is 12.6 Å². The van der Waals surface area contributed by atoms with E-state index in [2.05, 4.69) is 17.7 Å². The van der Waals surface area contributed by atoms with Crippen molar-refractivity contribution in [1.29, 1.82) is 0 Å². The molecular formula is C25H25F5N4O2S. The molecule has 2 saturated heterocycles. The quantitative estimate of drug-likeness (QED) is 0.266. The van der Waals surface area contributed by atoms with Gasteiger partial charge in [0, 0.05) is 31.1 Å². The number of nitrogens with zero attached hydrogens (tertiary/aromatic N) is 3. The summed E-state index contributed by atoms with van der Waals surface area (Å²) < 4.78 is 68.0. The number of carbonyl (C=O) groups excluding carboxylic acids is 2. The molecule has 2 aliphatic heterocycles. The first-order chi connectivity index (χ1) is 17.5.